The summed E-state index contributed by atoms with van der Waals surface area (Å²) in [6.45, 7) is 0. The summed E-state index contributed by atoms with van der Waals surface area (Å²) in [6, 6.07) is 3.57. The molecule has 0 atom stereocenters. The Morgan fingerprint density at radius 1 is 1.00 bits per heavy atom. The number of aromatic amines is 2. The largest absolute Gasteiger partial charge is 0.288 e. The van der Waals surface area contributed by atoms with Gasteiger partial charge in [-0.2, -0.15) is 10.5 Å². The van der Waals surface area contributed by atoms with Gasteiger partial charge in [0.05, 0.1) is 0 Å². The van der Waals surface area contributed by atoms with Crippen LogP contribution in [0.3, 0.4) is 0 Å². The van der Waals surface area contributed by atoms with Crippen molar-refractivity contribution in [2.45, 2.75) is 0 Å². The van der Waals surface area contributed by atoms with Gasteiger partial charge in [-0.25, -0.2) is 0 Å². The highest BCUT2D eigenvalue weighted by molar-refractivity contribution is 5.35. The van der Waals surface area contributed by atoms with Crippen LogP contribution in [0.2, 0.25) is 0 Å². The maximum atomic E-state index is 8.13. The fourth-order valence-corrected chi connectivity index (χ4v) is 0.355. The summed E-state index contributed by atoms with van der Waals surface area (Å²) >= 11 is 0. The van der Waals surface area contributed by atoms with E-state index in [-0.39, 0.29) is 0 Å². The van der Waals surface area contributed by atoms with Crippen molar-refractivity contribution >= 4 is 0 Å². The molecule has 1 heterocycles. The third-order valence-electron chi connectivity index (χ3n) is 0.786. The molecule has 1 rings (SSSR count). The molecule has 4 heteroatoms. The Kier molecular flexibility index (Phi) is 0.803. The van der Waals surface area contributed by atoms with E-state index >= 15 is 0 Å². The second-order valence-corrected chi connectivity index (χ2v) is 1.22. The Hall–Kier alpha value is -1.68. The zero-order chi connectivity index (χ0) is 5.98. The predicted molar refractivity (Wildman–Crippen MR) is 24.6 cm³/mol. The minimum Gasteiger partial charge on any atom is -0.288 e. The normalized spacial score (nSPS) is 7.75. The Balaban J connectivity index is 2.97. The lowest BCUT2D eigenvalue weighted by molar-refractivity contribution is 0.909. The van der Waals surface area contributed by atoms with Crippen molar-refractivity contribution in [1.82, 2.24) is 10.2 Å². The number of hydrogen-bond donors (Lipinski definition) is 2. The van der Waals surface area contributed by atoms with Crippen LogP contribution in [0, 0.1) is 22.7 Å². The first-order valence-corrected chi connectivity index (χ1v) is 1.95. The monoisotopic (exact) mass is 106 g/mol. The smallest absolute Gasteiger partial charge is 0.168 e. The molecule has 0 saturated heterocycles. The standard InChI is InChI=1S/C4H2N4/c5-1-3-4(2-6)8-7-3/h7-8H. The molecule has 1 aromatic rings. The van der Waals surface area contributed by atoms with Gasteiger partial charge in [-0.05, 0) is 0 Å². The van der Waals surface area contributed by atoms with Crippen LogP contribution < -0.4 is 0 Å². The van der Waals surface area contributed by atoms with Crippen LogP contribution >= 0.6 is 0 Å². The number of rotatable bonds is 0. The summed E-state index contributed by atoms with van der Waals surface area (Å²) in [5, 5.41) is 21.1. The number of aromatic nitrogens is 2. The van der Waals surface area contributed by atoms with Crippen molar-refractivity contribution in [3.05, 3.63) is 11.4 Å². The molecule has 38 valence electrons. The first-order chi connectivity index (χ1) is 3.88. The van der Waals surface area contributed by atoms with Crippen molar-refractivity contribution < 1.29 is 0 Å². The van der Waals surface area contributed by atoms with Crippen LogP contribution in [0.1, 0.15) is 11.4 Å². The van der Waals surface area contributed by atoms with E-state index in [1.54, 1.807) is 12.1 Å². The van der Waals surface area contributed by atoms with Crippen LogP contribution in [0.4, 0.5) is 0 Å². The Morgan fingerprint density at radius 2 is 1.38 bits per heavy atom. The van der Waals surface area contributed by atoms with Gasteiger partial charge in [0, 0.05) is 0 Å². The molecule has 0 bridgehead atoms. The molecule has 0 aliphatic rings. The third-order valence-corrected chi connectivity index (χ3v) is 0.786. The Morgan fingerprint density at radius 3 is 1.50 bits per heavy atom. The first kappa shape index (κ1) is 4.48. The topological polar surface area (TPSA) is 79.2 Å². The molecule has 0 unspecified atom stereocenters. The molecule has 0 aliphatic heterocycles. The minimum atomic E-state index is 0.313. The molecule has 0 aromatic carbocycles. The lowest BCUT2D eigenvalue weighted by atomic mass is 10.3. The molecule has 2 N–H and O–H groups in total. The van der Waals surface area contributed by atoms with E-state index in [4.69, 9.17) is 10.5 Å². The summed E-state index contributed by atoms with van der Waals surface area (Å²) in [6.07, 6.45) is 0. The summed E-state index contributed by atoms with van der Waals surface area (Å²) in [5.74, 6) is 0. The zero-order valence-corrected chi connectivity index (χ0v) is 3.89. The summed E-state index contributed by atoms with van der Waals surface area (Å²) < 4.78 is 0. The van der Waals surface area contributed by atoms with Gasteiger partial charge in [0.15, 0.2) is 11.4 Å². The molecule has 1 aromatic heterocycles. The van der Waals surface area contributed by atoms with E-state index in [9.17, 15) is 0 Å². The number of nitrogens with zero attached hydrogens (tertiary/aromatic N) is 2. The van der Waals surface area contributed by atoms with Crippen molar-refractivity contribution in [1.29, 1.82) is 10.5 Å². The Labute approximate surface area is 45.3 Å². The lowest BCUT2D eigenvalue weighted by Crippen LogP contribution is -2.00. The highest BCUT2D eigenvalue weighted by Gasteiger charge is 2.01. The van der Waals surface area contributed by atoms with E-state index < -0.39 is 0 Å². The molecule has 0 saturated carbocycles. The van der Waals surface area contributed by atoms with E-state index in [0.29, 0.717) is 11.4 Å². The highest BCUT2D eigenvalue weighted by Crippen LogP contribution is 1.97. The molecule has 0 radical (unpaired) electrons. The molecule has 4 nitrogen and oxygen atoms in total. The second kappa shape index (κ2) is 1.43. The highest BCUT2D eigenvalue weighted by atomic mass is 15.2. The fourth-order valence-electron chi connectivity index (χ4n) is 0.355. The van der Waals surface area contributed by atoms with Gasteiger partial charge < -0.3 is 0 Å². The fraction of sp³-hybridized carbons (Fsp3) is 0. The van der Waals surface area contributed by atoms with Crippen molar-refractivity contribution in [2.75, 3.05) is 0 Å². The van der Waals surface area contributed by atoms with E-state index in [0.717, 1.165) is 0 Å². The SMILES string of the molecule is N#Cc1[nH][nH]c1C#N. The average Bonchev–Trinajstić information content (AvgIpc) is 1.66. The van der Waals surface area contributed by atoms with Gasteiger partial charge in [-0.1, -0.05) is 0 Å². The van der Waals surface area contributed by atoms with Crippen molar-refractivity contribution in [3.63, 3.8) is 0 Å². The van der Waals surface area contributed by atoms with Crippen LogP contribution in [0.15, 0.2) is 0 Å². The van der Waals surface area contributed by atoms with Crippen molar-refractivity contribution in [3.8, 4) is 12.1 Å². The second-order valence-electron chi connectivity index (χ2n) is 1.22. The Bertz CT molecular complexity index is 225. The van der Waals surface area contributed by atoms with Crippen LogP contribution in [-0.2, 0) is 0 Å². The van der Waals surface area contributed by atoms with Gasteiger partial charge in [0.1, 0.15) is 12.1 Å². The van der Waals surface area contributed by atoms with Crippen LogP contribution in [-0.4, -0.2) is 10.2 Å². The quantitative estimate of drug-likeness (QED) is 0.491. The molecular formula is C4H2N4. The van der Waals surface area contributed by atoms with Crippen LogP contribution in [0.5, 0.6) is 0 Å². The van der Waals surface area contributed by atoms with E-state index in [1.807, 2.05) is 0 Å². The summed E-state index contributed by atoms with van der Waals surface area (Å²) in [5.41, 5.74) is 0.625. The lowest BCUT2D eigenvalue weighted by Gasteiger charge is -1.96. The minimum absolute atomic E-state index is 0.313. The number of nitriles is 2. The third kappa shape index (κ3) is 0.372. The molecular weight excluding hydrogens is 104 g/mol. The zero-order valence-electron chi connectivity index (χ0n) is 3.89. The van der Waals surface area contributed by atoms with Gasteiger partial charge in [0.2, 0.25) is 0 Å². The van der Waals surface area contributed by atoms with E-state index in [1.165, 1.54) is 0 Å². The van der Waals surface area contributed by atoms with Crippen molar-refractivity contribution in [2.24, 2.45) is 0 Å². The first-order valence-electron chi connectivity index (χ1n) is 1.95. The van der Waals surface area contributed by atoms with Gasteiger partial charge in [-0.15, -0.1) is 0 Å². The maximum Gasteiger partial charge on any atom is 0.168 e. The molecule has 0 amide bonds. The van der Waals surface area contributed by atoms with E-state index in [2.05, 4.69) is 10.2 Å². The molecule has 0 spiro atoms. The molecule has 0 fully saturated rings. The summed E-state index contributed by atoms with van der Waals surface area (Å²) in [7, 11) is 0. The number of H-pyrrole nitrogens is 2. The average molecular weight is 106 g/mol. The van der Waals surface area contributed by atoms with Crippen LogP contribution in [0.25, 0.3) is 0 Å². The molecule has 0 aliphatic carbocycles. The maximum absolute atomic E-state index is 8.13. The predicted octanol–water partition coefficient (Wildman–Crippen LogP) is 0.0862. The number of hydrogen-bond acceptors (Lipinski definition) is 2. The number of nitrogens with one attached hydrogen (secondary N) is 2. The van der Waals surface area contributed by atoms with Gasteiger partial charge in [0.25, 0.3) is 0 Å². The van der Waals surface area contributed by atoms with Gasteiger partial charge in [-0.3, -0.25) is 10.2 Å². The van der Waals surface area contributed by atoms with Gasteiger partial charge >= 0.3 is 0 Å². The molecule has 8 heavy (non-hydrogen) atoms. The summed E-state index contributed by atoms with van der Waals surface area (Å²) in [4.78, 5) is 0.